The molecular formula is C11H21N5. The Hall–Kier alpha value is -0.940. The fourth-order valence-corrected chi connectivity index (χ4v) is 2.51. The highest BCUT2D eigenvalue weighted by atomic mass is 15.4. The van der Waals surface area contributed by atoms with Gasteiger partial charge in [-0.05, 0) is 27.2 Å². The zero-order valence-corrected chi connectivity index (χ0v) is 10.3. The van der Waals surface area contributed by atoms with Crippen LogP contribution in [-0.4, -0.2) is 38.3 Å². The van der Waals surface area contributed by atoms with Gasteiger partial charge in [0, 0.05) is 25.2 Å². The molecule has 0 saturated carbocycles. The van der Waals surface area contributed by atoms with Gasteiger partial charge in [-0.25, -0.2) is 9.67 Å². The number of nitrogens with zero attached hydrogens (tertiary/aromatic N) is 4. The number of likely N-dealkylation sites (tertiary alicyclic amines) is 1. The van der Waals surface area contributed by atoms with Gasteiger partial charge in [0.25, 0.3) is 0 Å². The van der Waals surface area contributed by atoms with Crippen molar-refractivity contribution in [2.45, 2.75) is 51.9 Å². The Labute approximate surface area is 96.6 Å². The smallest absolute Gasteiger partial charge is 0.145 e. The minimum atomic E-state index is 0.178. The van der Waals surface area contributed by atoms with Gasteiger partial charge >= 0.3 is 0 Å². The Morgan fingerprint density at radius 3 is 2.94 bits per heavy atom. The van der Waals surface area contributed by atoms with Crippen molar-refractivity contribution in [2.24, 2.45) is 5.73 Å². The van der Waals surface area contributed by atoms with Gasteiger partial charge in [0.05, 0.1) is 6.04 Å². The SMILES string of the molecule is CCn1ncnc1[C@@H]1[C@@H](N)CCN1C(C)C. The van der Waals surface area contributed by atoms with Gasteiger partial charge in [-0.15, -0.1) is 0 Å². The molecule has 2 heterocycles. The Kier molecular flexibility index (Phi) is 3.25. The molecule has 0 unspecified atom stereocenters. The molecular weight excluding hydrogens is 202 g/mol. The first-order valence-electron chi connectivity index (χ1n) is 6.04. The Morgan fingerprint density at radius 1 is 1.56 bits per heavy atom. The molecule has 0 aliphatic carbocycles. The van der Waals surface area contributed by atoms with Gasteiger partial charge in [0.1, 0.15) is 12.2 Å². The van der Waals surface area contributed by atoms with E-state index >= 15 is 0 Å². The summed E-state index contributed by atoms with van der Waals surface area (Å²) in [5.41, 5.74) is 6.20. The largest absolute Gasteiger partial charge is 0.326 e. The zero-order valence-electron chi connectivity index (χ0n) is 10.3. The average molecular weight is 223 g/mol. The van der Waals surface area contributed by atoms with Gasteiger partial charge in [-0.2, -0.15) is 5.10 Å². The molecule has 1 aliphatic rings. The minimum Gasteiger partial charge on any atom is -0.326 e. The second-order valence-electron chi connectivity index (χ2n) is 4.66. The lowest BCUT2D eigenvalue weighted by molar-refractivity contribution is 0.186. The quantitative estimate of drug-likeness (QED) is 0.822. The van der Waals surface area contributed by atoms with Gasteiger partial charge in [0.2, 0.25) is 0 Å². The summed E-state index contributed by atoms with van der Waals surface area (Å²) in [5.74, 6) is 1.02. The van der Waals surface area contributed by atoms with Crippen molar-refractivity contribution >= 4 is 0 Å². The molecule has 1 aromatic heterocycles. The van der Waals surface area contributed by atoms with Gasteiger partial charge < -0.3 is 5.73 Å². The minimum absolute atomic E-state index is 0.178. The van der Waals surface area contributed by atoms with Crippen molar-refractivity contribution in [3.05, 3.63) is 12.2 Å². The van der Waals surface area contributed by atoms with Crippen LogP contribution in [0.4, 0.5) is 0 Å². The van der Waals surface area contributed by atoms with Crippen molar-refractivity contribution in [1.29, 1.82) is 0 Å². The molecule has 1 aliphatic heterocycles. The Bertz CT molecular complexity index is 346. The number of rotatable bonds is 3. The van der Waals surface area contributed by atoms with Crippen LogP contribution < -0.4 is 5.73 Å². The van der Waals surface area contributed by atoms with Crippen LogP contribution in [0.2, 0.25) is 0 Å². The van der Waals surface area contributed by atoms with Crippen LogP contribution in [0.5, 0.6) is 0 Å². The highest BCUT2D eigenvalue weighted by Crippen LogP contribution is 2.31. The summed E-state index contributed by atoms with van der Waals surface area (Å²) < 4.78 is 1.95. The number of hydrogen-bond acceptors (Lipinski definition) is 4. The van der Waals surface area contributed by atoms with Crippen molar-refractivity contribution < 1.29 is 0 Å². The van der Waals surface area contributed by atoms with Crippen LogP contribution >= 0.6 is 0 Å². The molecule has 0 radical (unpaired) electrons. The highest BCUT2D eigenvalue weighted by molar-refractivity contribution is 5.05. The first kappa shape index (κ1) is 11.5. The number of aromatic nitrogens is 3. The van der Waals surface area contributed by atoms with Crippen LogP contribution in [0.25, 0.3) is 0 Å². The monoisotopic (exact) mass is 223 g/mol. The molecule has 5 nitrogen and oxygen atoms in total. The summed E-state index contributed by atoms with van der Waals surface area (Å²) >= 11 is 0. The molecule has 0 amide bonds. The predicted molar refractivity (Wildman–Crippen MR) is 62.9 cm³/mol. The fraction of sp³-hybridized carbons (Fsp3) is 0.818. The van der Waals surface area contributed by atoms with Gasteiger partial charge in [-0.3, -0.25) is 4.90 Å². The second kappa shape index (κ2) is 4.51. The Balaban J connectivity index is 2.30. The molecule has 0 aromatic carbocycles. The maximum atomic E-state index is 6.20. The summed E-state index contributed by atoms with van der Waals surface area (Å²) in [7, 11) is 0. The average Bonchev–Trinajstić information content (AvgIpc) is 2.82. The van der Waals surface area contributed by atoms with Crippen molar-refractivity contribution in [1.82, 2.24) is 19.7 Å². The van der Waals surface area contributed by atoms with Crippen LogP contribution in [0, 0.1) is 0 Å². The zero-order chi connectivity index (χ0) is 11.7. The molecule has 5 heteroatoms. The first-order chi connectivity index (χ1) is 7.65. The normalized spacial score (nSPS) is 26.8. The topological polar surface area (TPSA) is 60.0 Å². The van der Waals surface area contributed by atoms with Gasteiger partial charge in [-0.1, -0.05) is 0 Å². The molecule has 1 aromatic rings. The highest BCUT2D eigenvalue weighted by Gasteiger charge is 2.37. The standard InChI is InChI=1S/C11H21N5/c1-4-16-11(13-7-14-16)10-9(12)5-6-15(10)8(2)3/h7-10H,4-6,12H2,1-3H3/t9-,10-/m0/s1. The Morgan fingerprint density at radius 2 is 2.31 bits per heavy atom. The summed E-state index contributed by atoms with van der Waals surface area (Å²) in [4.78, 5) is 6.80. The molecule has 1 saturated heterocycles. The maximum absolute atomic E-state index is 6.20. The third kappa shape index (κ3) is 1.85. The van der Waals surface area contributed by atoms with E-state index in [4.69, 9.17) is 5.73 Å². The third-order valence-electron chi connectivity index (χ3n) is 3.36. The number of aryl methyl sites for hydroxylation is 1. The van der Waals surface area contributed by atoms with Crippen molar-refractivity contribution in [3.63, 3.8) is 0 Å². The molecule has 0 bridgehead atoms. The van der Waals surface area contributed by atoms with Crippen molar-refractivity contribution in [2.75, 3.05) is 6.54 Å². The van der Waals surface area contributed by atoms with Crippen LogP contribution in [0.1, 0.15) is 39.1 Å². The van der Waals surface area contributed by atoms with Crippen LogP contribution in [-0.2, 0) is 6.54 Å². The summed E-state index contributed by atoms with van der Waals surface area (Å²) in [6.45, 7) is 8.40. The van der Waals surface area contributed by atoms with E-state index in [0.29, 0.717) is 6.04 Å². The molecule has 2 N–H and O–H groups in total. The lowest BCUT2D eigenvalue weighted by atomic mass is 10.1. The van der Waals surface area contributed by atoms with E-state index in [0.717, 1.165) is 25.3 Å². The van der Waals surface area contributed by atoms with Crippen molar-refractivity contribution in [3.8, 4) is 0 Å². The fourth-order valence-electron chi connectivity index (χ4n) is 2.51. The van der Waals surface area contributed by atoms with E-state index in [1.165, 1.54) is 0 Å². The first-order valence-corrected chi connectivity index (χ1v) is 6.04. The lowest BCUT2D eigenvalue weighted by Gasteiger charge is -2.29. The molecule has 2 atom stereocenters. The van der Waals surface area contributed by atoms with E-state index in [9.17, 15) is 0 Å². The summed E-state index contributed by atoms with van der Waals surface area (Å²) in [5, 5.41) is 4.23. The predicted octanol–water partition coefficient (Wildman–Crippen LogP) is 0.781. The molecule has 16 heavy (non-hydrogen) atoms. The van der Waals surface area contributed by atoms with Gasteiger partial charge in [0.15, 0.2) is 0 Å². The van der Waals surface area contributed by atoms with E-state index < -0.39 is 0 Å². The molecule has 0 spiro atoms. The number of nitrogens with two attached hydrogens (primary N) is 1. The molecule has 90 valence electrons. The maximum Gasteiger partial charge on any atom is 0.145 e. The second-order valence-corrected chi connectivity index (χ2v) is 4.66. The van der Waals surface area contributed by atoms with E-state index in [1.807, 2.05) is 4.68 Å². The van der Waals surface area contributed by atoms with Crippen LogP contribution in [0.15, 0.2) is 6.33 Å². The van der Waals surface area contributed by atoms with Crippen LogP contribution in [0.3, 0.4) is 0 Å². The molecule has 1 fully saturated rings. The summed E-state index contributed by atoms with van der Waals surface area (Å²) in [6, 6.07) is 0.903. The molecule has 2 rings (SSSR count). The third-order valence-corrected chi connectivity index (χ3v) is 3.36. The summed E-state index contributed by atoms with van der Waals surface area (Å²) in [6.07, 6.45) is 2.67. The van der Waals surface area contributed by atoms with E-state index in [2.05, 4.69) is 35.8 Å². The lowest BCUT2D eigenvalue weighted by Crippen LogP contribution is -2.37. The van der Waals surface area contributed by atoms with E-state index in [1.54, 1.807) is 6.33 Å². The van der Waals surface area contributed by atoms with E-state index in [-0.39, 0.29) is 12.1 Å². The number of hydrogen-bond donors (Lipinski definition) is 1.